The Kier molecular flexibility index (Phi) is 3.14. The van der Waals surface area contributed by atoms with E-state index < -0.39 is 0 Å². The lowest BCUT2D eigenvalue weighted by Gasteiger charge is -2.11. The van der Waals surface area contributed by atoms with Crippen molar-refractivity contribution in [3.05, 3.63) is 33.9 Å². The van der Waals surface area contributed by atoms with Crippen molar-refractivity contribution in [2.24, 2.45) is 0 Å². The zero-order valence-electron chi connectivity index (χ0n) is 9.56. The number of nitrogens with one attached hydrogen (secondary N) is 1. The van der Waals surface area contributed by atoms with Crippen molar-refractivity contribution < 1.29 is 0 Å². The van der Waals surface area contributed by atoms with Crippen molar-refractivity contribution in [2.45, 2.75) is 26.8 Å². The van der Waals surface area contributed by atoms with Crippen LogP contribution in [0.1, 0.15) is 28.4 Å². The highest BCUT2D eigenvalue weighted by Crippen LogP contribution is 2.22. The van der Waals surface area contributed by atoms with Crippen LogP contribution < -0.4 is 5.32 Å². The van der Waals surface area contributed by atoms with Crippen LogP contribution in [-0.4, -0.2) is 15.2 Å². The third-order valence-corrected chi connectivity index (χ3v) is 3.26. The molecule has 0 spiro atoms. The maximum atomic E-state index is 4.34. The summed E-state index contributed by atoms with van der Waals surface area (Å²) in [6.45, 7) is 6.13. The summed E-state index contributed by atoms with van der Waals surface area (Å²) < 4.78 is 0. The van der Waals surface area contributed by atoms with Crippen LogP contribution in [0.5, 0.6) is 0 Å². The number of hydrogen-bond donors (Lipinski definition) is 1. The second-order valence-corrected chi connectivity index (χ2v) is 5.06. The molecule has 0 aromatic carbocycles. The van der Waals surface area contributed by atoms with E-state index in [4.69, 9.17) is 0 Å². The molecule has 0 aliphatic rings. The Morgan fingerprint density at radius 2 is 2.12 bits per heavy atom. The minimum atomic E-state index is 0.162. The van der Waals surface area contributed by atoms with E-state index in [-0.39, 0.29) is 6.04 Å². The minimum absolute atomic E-state index is 0.162. The monoisotopic (exact) mass is 234 g/mol. The second kappa shape index (κ2) is 4.57. The first-order chi connectivity index (χ1) is 7.65. The van der Waals surface area contributed by atoms with E-state index >= 15 is 0 Å². The van der Waals surface area contributed by atoms with Gasteiger partial charge in [-0.15, -0.1) is 16.4 Å². The average molecular weight is 234 g/mol. The van der Waals surface area contributed by atoms with Crippen molar-refractivity contribution in [3.63, 3.8) is 0 Å². The molecule has 0 aliphatic heterocycles. The Hall–Kier alpha value is -1.49. The molecule has 0 amide bonds. The summed E-state index contributed by atoms with van der Waals surface area (Å²) >= 11 is 1.70. The van der Waals surface area contributed by atoms with Gasteiger partial charge in [0.05, 0.1) is 12.2 Å². The fourth-order valence-corrected chi connectivity index (χ4v) is 2.17. The summed E-state index contributed by atoms with van der Waals surface area (Å²) in [5, 5.41) is 12.3. The van der Waals surface area contributed by atoms with E-state index in [1.807, 2.05) is 19.2 Å². The predicted molar refractivity (Wildman–Crippen MR) is 65.7 cm³/mol. The third-order valence-electron chi connectivity index (χ3n) is 2.17. The minimum Gasteiger partial charge on any atom is -0.360 e. The van der Waals surface area contributed by atoms with E-state index in [0.29, 0.717) is 0 Å². The lowest BCUT2D eigenvalue weighted by molar-refractivity contribution is 0.847. The highest BCUT2D eigenvalue weighted by Gasteiger charge is 2.09. The van der Waals surface area contributed by atoms with Crippen molar-refractivity contribution in [2.75, 3.05) is 5.32 Å². The molecule has 2 aromatic heterocycles. The summed E-state index contributed by atoms with van der Waals surface area (Å²) in [6.07, 6.45) is 3.63. The number of aryl methyl sites for hydroxylation is 2. The summed E-state index contributed by atoms with van der Waals surface area (Å²) in [7, 11) is 0. The van der Waals surface area contributed by atoms with Crippen LogP contribution in [0.2, 0.25) is 0 Å². The third kappa shape index (κ3) is 2.55. The zero-order chi connectivity index (χ0) is 11.5. The fourth-order valence-electron chi connectivity index (χ4n) is 1.39. The Balaban J connectivity index is 2.10. The van der Waals surface area contributed by atoms with Crippen LogP contribution in [0.4, 0.5) is 5.82 Å². The van der Waals surface area contributed by atoms with Crippen molar-refractivity contribution in [1.29, 1.82) is 0 Å². The Morgan fingerprint density at radius 1 is 1.31 bits per heavy atom. The number of rotatable bonds is 3. The number of anilines is 1. The van der Waals surface area contributed by atoms with Crippen LogP contribution in [0.25, 0.3) is 0 Å². The molecule has 4 nitrogen and oxygen atoms in total. The molecule has 5 heteroatoms. The maximum absolute atomic E-state index is 4.34. The Bertz CT molecular complexity index is 480. The van der Waals surface area contributed by atoms with Gasteiger partial charge in [-0.1, -0.05) is 0 Å². The van der Waals surface area contributed by atoms with Gasteiger partial charge in [-0.2, -0.15) is 5.10 Å². The molecule has 2 rings (SSSR count). The fraction of sp³-hybridized carbons (Fsp3) is 0.364. The molecule has 16 heavy (non-hydrogen) atoms. The first-order valence-corrected chi connectivity index (χ1v) is 5.95. The SMILES string of the molecule is Cc1cnnc(NC(C)c2ncc(C)s2)c1. The molecule has 2 aromatic rings. The molecule has 1 N–H and O–H groups in total. The van der Waals surface area contributed by atoms with E-state index in [1.54, 1.807) is 17.5 Å². The van der Waals surface area contributed by atoms with Gasteiger partial charge in [-0.25, -0.2) is 4.98 Å². The van der Waals surface area contributed by atoms with Gasteiger partial charge < -0.3 is 5.32 Å². The van der Waals surface area contributed by atoms with Gasteiger partial charge in [0, 0.05) is 11.1 Å². The predicted octanol–water partition coefficient (Wildman–Crippen LogP) is 2.72. The smallest absolute Gasteiger partial charge is 0.149 e. The molecule has 84 valence electrons. The highest BCUT2D eigenvalue weighted by atomic mass is 32.1. The molecule has 0 aliphatic carbocycles. The lowest BCUT2D eigenvalue weighted by Crippen LogP contribution is -2.08. The van der Waals surface area contributed by atoms with E-state index in [0.717, 1.165) is 16.4 Å². The lowest BCUT2D eigenvalue weighted by atomic mass is 10.3. The van der Waals surface area contributed by atoms with Gasteiger partial charge >= 0.3 is 0 Å². The summed E-state index contributed by atoms with van der Waals surface area (Å²) in [5.74, 6) is 0.792. The Labute approximate surface area is 98.8 Å². The normalized spacial score (nSPS) is 12.4. The summed E-state index contributed by atoms with van der Waals surface area (Å²) in [4.78, 5) is 5.56. The van der Waals surface area contributed by atoms with E-state index in [9.17, 15) is 0 Å². The molecule has 0 fully saturated rings. The van der Waals surface area contributed by atoms with Crippen LogP contribution in [0.15, 0.2) is 18.5 Å². The molecule has 1 unspecified atom stereocenters. The number of nitrogens with zero attached hydrogens (tertiary/aromatic N) is 3. The van der Waals surface area contributed by atoms with Gasteiger partial charge in [-0.3, -0.25) is 0 Å². The molecular formula is C11H14N4S. The molecule has 1 atom stereocenters. The van der Waals surface area contributed by atoms with Gasteiger partial charge in [-0.05, 0) is 32.4 Å². The molecular weight excluding hydrogens is 220 g/mol. The second-order valence-electron chi connectivity index (χ2n) is 3.79. The number of thiazole rings is 1. The van der Waals surface area contributed by atoms with Gasteiger partial charge in [0.15, 0.2) is 0 Å². The topological polar surface area (TPSA) is 50.7 Å². The number of hydrogen-bond acceptors (Lipinski definition) is 5. The zero-order valence-corrected chi connectivity index (χ0v) is 10.4. The van der Waals surface area contributed by atoms with Crippen molar-refractivity contribution >= 4 is 17.2 Å². The molecule has 0 radical (unpaired) electrons. The van der Waals surface area contributed by atoms with Gasteiger partial charge in [0.2, 0.25) is 0 Å². The van der Waals surface area contributed by atoms with E-state index in [2.05, 4.69) is 34.3 Å². The number of aromatic nitrogens is 3. The standard InChI is InChI=1S/C11H14N4S/c1-7-4-10(15-13-5-7)14-9(3)11-12-6-8(2)16-11/h4-6,9H,1-3H3,(H,14,15). The van der Waals surface area contributed by atoms with Crippen molar-refractivity contribution in [1.82, 2.24) is 15.2 Å². The molecule has 0 bridgehead atoms. The van der Waals surface area contributed by atoms with Gasteiger partial charge in [0.1, 0.15) is 10.8 Å². The first-order valence-electron chi connectivity index (χ1n) is 5.13. The summed E-state index contributed by atoms with van der Waals surface area (Å²) in [5.41, 5.74) is 1.10. The quantitative estimate of drug-likeness (QED) is 0.887. The largest absolute Gasteiger partial charge is 0.360 e. The summed E-state index contributed by atoms with van der Waals surface area (Å²) in [6, 6.07) is 2.14. The molecule has 0 saturated carbocycles. The first kappa shape index (κ1) is 11.0. The average Bonchev–Trinajstić information content (AvgIpc) is 2.65. The molecule has 2 heterocycles. The highest BCUT2D eigenvalue weighted by molar-refractivity contribution is 7.11. The maximum Gasteiger partial charge on any atom is 0.149 e. The van der Waals surface area contributed by atoms with Crippen LogP contribution in [0.3, 0.4) is 0 Å². The van der Waals surface area contributed by atoms with Crippen LogP contribution >= 0.6 is 11.3 Å². The van der Waals surface area contributed by atoms with Crippen molar-refractivity contribution in [3.8, 4) is 0 Å². The van der Waals surface area contributed by atoms with Crippen LogP contribution in [-0.2, 0) is 0 Å². The molecule has 0 saturated heterocycles. The Morgan fingerprint density at radius 3 is 2.75 bits per heavy atom. The van der Waals surface area contributed by atoms with Crippen LogP contribution in [0, 0.1) is 13.8 Å². The van der Waals surface area contributed by atoms with Gasteiger partial charge in [0.25, 0.3) is 0 Å². The van der Waals surface area contributed by atoms with E-state index in [1.165, 1.54) is 4.88 Å².